The number of amides is 1. The van der Waals surface area contributed by atoms with Gasteiger partial charge in [-0.2, -0.15) is 5.10 Å². The van der Waals surface area contributed by atoms with Crippen molar-refractivity contribution >= 4 is 5.91 Å². The van der Waals surface area contributed by atoms with Crippen molar-refractivity contribution in [2.75, 3.05) is 0 Å². The molecule has 27 heavy (non-hydrogen) atoms. The van der Waals surface area contributed by atoms with Crippen LogP contribution in [0, 0.1) is 5.92 Å². The van der Waals surface area contributed by atoms with Gasteiger partial charge in [0.25, 0.3) is 5.56 Å². The number of primary amides is 1. The molecule has 0 atom stereocenters. The molecule has 0 aliphatic heterocycles. The zero-order chi connectivity index (χ0) is 19.6. The normalized spacial score (nSPS) is 11.1. The molecular formula is C20H23N5O2. The maximum absolute atomic E-state index is 11.9. The average Bonchev–Trinajstić information content (AvgIpc) is 3.03. The van der Waals surface area contributed by atoms with E-state index in [2.05, 4.69) is 28.5 Å². The number of nitrogens with two attached hydrogens (primary N) is 1. The Kier molecular flexibility index (Phi) is 5.21. The molecule has 0 unspecified atom stereocenters. The highest BCUT2D eigenvalue weighted by atomic mass is 16.1. The van der Waals surface area contributed by atoms with Crippen LogP contribution in [-0.4, -0.2) is 25.2 Å². The van der Waals surface area contributed by atoms with Crippen LogP contribution in [0.25, 0.3) is 11.3 Å². The molecule has 2 aromatic heterocycles. The summed E-state index contributed by atoms with van der Waals surface area (Å²) in [6.45, 7) is 5.14. The van der Waals surface area contributed by atoms with Crippen LogP contribution in [0.4, 0.5) is 0 Å². The van der Waals surface area contributed by atoms with Gasteiger partial charge in [-0.15, -0.1) is 0 Å². The highest BCUT2D eigenvalue weighted by Crippen LogP contribution is 2.23. The molecule has 0 aliphatic rings. The summed E-state index contributed by atoms with van der Waals surface area (Å²) in [5, 5.41) is 4.28. The number of benzene rings is 1. The van der Waals surface area contributed by atoms with Gasteiger partial charge in [-0.1, -0.05) is 19.9 Å². The van der Waals surface area contributed by atoms with E-state index in [4.69, 9.17) is 5.73 Å². The first-order valence-corrected chi connectivity index (χ1v) is 8.81. The van der Waals surface area contributed by atoms with Gasteiger partial charge in [0.1, 0.15) is 0 Å². The van der Waals surface area contributed by atoms with Crippen LogP contribution < -0.4 is 11.3 Å². The van der Waals surface area contributed by atoms with E-state index in [0.717, 1.165) is 23.4 Å². The smallest absolute Gasteiger partial charge is 0.266 e. The minimum absolute atomic E-state index is 0.176. The van der Waals surface area contributed by atoms with Gasteiger partial charge in [-0.3, -0.25) is 9.59 Å². The van der Waals surface area contributed by atoms with Gasteiger partial charge in [0.2, 0.25) is 5.91 Å². The van der Waals surface area contributed by atoms with Crippen molar-refractivity contribution in [3.63, 3.8) is 0 Å². The maximum atomic E-state index is 11.9. The van der Waals surface area contributed by atoms with Crippen molar-refractivity contribution in [1.82, 2.24) is 19.3 Å². The number of hydrogen-bond acceptors (Lipinski definition) is 4. The topological polar surface area (TPSA) is 95.8 Å². The standard InChI is InChI=1S/C20H23N5O2/c1-13(2)11-25-12-22-10-16(25)9-15-8-14(4-5-17(15)20(21)27)18-6-7-19(26)24(3)23-18/h4-8,10,12-13H,9,11H2,1-3H3,(H2,21,27). The summed E-state index contributed by atoms with van der Waals surface area (Å²) in [6.07, 6.45) is 4.15. The summed E-state index contributed by atoms with van der Waals surface area (Å²) in [6, 6.07) is 8.56. The molecule has 0 saturated carbocycles. The molecule has 0 fully saturated rings. The van der Waals surface area contributed by atoms with Crippen LogP contribution in [0.5, 0.6) is 0 Å². The second kappa shape index (κ2) is 7.57. The minimum atomic E-state index is -0.472. The van der Waals surface area contributed by atoms with E-state index < -0.39 is 5.91 Å². The Bertz CT molecular complexity index is 1030. The molecule has 2 N–H and O–H groups in total. The Hall–Kier alpha value is -3.22. The number of nitrogens with zero attached hydrogens (tertiary/aromatic N) is 4. The van der Waals surface area contributed by atoms with Crippen molar-refractivity contribution in [1.29, 1.82) is 0 Å². The third-order valence-electron chi connectivity index (χ3n) is 4.36. The van der Waals surface area contributed by atoms with E-state index in [-0.39, 0.29) is 5.56 Å². The third-order valence-corrected chi connectivity index (χ3v) is 4.36. The summed E-state index contributed by atoms with van der Waals surface area (Å²) in [4.78, 5) is 27.7. The van der Waals surface area contributed by atoms with E-state index in [9.17, 15) is 9.59 Å². The summed E-state index contributed by atoms with van der Waals surface area (Å²) in [5.41, 5.74) is 9.16. The van der Waals surface area contributed by atoms with Gasteiger partial charge in [0, 0.05) is 49.1 Å². The summed E-state index contributed by atoms with van der Waals surface area (Å²) >= 11 is 0. The molecule has 7 heteroatoms. The predicted octanol–water partition coefficient (Wildman–Crippen LogP) is 1.99. The molecule has 1 aromatic carbocycles. The number of imidazole rings is 1. The maximum Gasteiger partial charge on any atom is 0.266 e. The van der Waals surface area contributed by atoms with E-state index in [1.54, 1.807) is 31.6 Å². The number of carbonyl (C=O) groups excluding carboxylic acids is 1. The number of rotatable bonds is 6. The van der Waals surface area contributed by atoms with Crippen molar-refractivity contribution < 1.29 is 4.79 Å². The Balaban J connectivity index is 2.02. The van der Waals surface area contributed by atoms with Gasteiger partial charge in [0.15, 0.2) is 0 Å². The fourth-order valence-electron chi connectivity index (χ4n) is 3.04. The number of hydrogen-bond donors (Lipinski definition) is 1. The van der Waals surface area contributed by atoms with Crippen molar-refractivity contribution in [3.05, 3.63) is 70.0 Å². The lowest BCUT2D eigenvalue weighted by molar-refractivity contribution is 0.0999. The summed E-state index contributed by atoms with van der Waals surface area (Å²) in [5.74, 6) is 0.00889. The molecular weight excluding hydrogens is 342 g/mol. The molecule has 7 nitrogen and oxygen atoms in total. The second-order valence-electron chi connectivity index (χ2n) is 7.02. The highest BCUT2D eigenvalue weighted by molar-refractivity contribution is 5.95. The zero-order valence-corrected chi connectivity index (χ0v) is 15.7. The number of aromatic nitrogens is 4. The van der Waals surface area contributed by atoms with Gasteiger partial charge >= 0.3 is 0 Å². The molecule has 0 aliphatic carbocycles. The fraction of sp³-hybridized carbons (Fsp3) is 0.300. The first-order chi connectivity index (χ1) is 12.8. The lowest BCUT2D eigenvalue weighted by Crippen LogP contribution is -2.18. The molecule has 0 radical (unpaired) electrons. The van der Waals surface area contributed by atoms with E-state index >= 15 is 0 Å². The second-order valence-corrected chi connectivity index (χ2v) is 7.02. The molecule has 3 aromatic rings. The minimum Gasteiger partial charge on any atom is -0.366 e. The van der Waals surface area contributed by atoms with Crippen molar-refractivity contribution in [2.24, 2.45) is 18.7 Å². The average molecular weight is 365 g/mol. The molecule has 140 valence electrons. The first-order valence-electron chi connectivity index (χ1n) is 8.81. The van der Waals surface area contributed by atoms with Crippen LogP contribution in [0.2, 0.25) is 0 Å². The molecule has 1 amide bonds. The van der Waals surface area contributed by atoms with Crippen LogP contribution in [0.1, 0.15) is 35.5 Å². The Morgan fingerprint density at radius 2 is 2.00 bits per heavy atom. The lowest BCUT2D eigenvalue weighted by atomic mass is 9.98. The van der Waals surface area contributed by atoms with Gasteiger partial charge < -0.3 is 10.3 Å². The predicted molar refractivity (Wildman–Crippen MR) is 103 cm³/mol. The largest absolute Gasteiger partial charge is 0.366 e. The monoisotopic (exact) mass is 365 g/mol. The van der Waals surface area contributed by atoms with E-state index in [1.807, 2.05) is 12.3 Å². The van der Waals surface area contributed by atoms with Crippen molar-refractivity contribution in [2.45, 2.75) is 26.8 Å². The van der Waals surface area contributed by atoms with Crippen LogP contribution in [0.15, 0.2) is 47.7 Å². The summed E-state index contributed by atoms with van der Waals surface area (Å²) in [7, 11) is 1.61. The van der Waals surface area contributed by atoms with Gasteiger partial charge in [-0.05, 0) is 29.7 Å². The molecule has 0 spiro atoms. The van der Waals surface area contributed by atoms with Crippen molar-refractivity contribution in [3.8, 4) is 11.3 Å². The Labute approximate surface area is 157 Å². The first kappa shape index (κ1) is 18.6. The zero-order valence-electron chi connectivity index (χ0n) is 15.7. The third kappa shape index (κ3) is 4.13. The van der Waals surface area contributed by atoms with Gasteiger partial charge in [0.05, 0.1) is 12.0 Å². The molecule has 2 heterocycles. The van der Waals surface area contributed by atoms with E-state index in [0.29, 0.717) is 23.6 Å². The number of aryl methyl sites for hydroxylation is 1. The Morgan fingerprint density at radius 1 is 1.22 bits per heavy atom. The van der Waals surface area contributed by atoms with Crippen LogP contribution in [0.3, 0.4) is 0 Å². The van der Waals surface area contributed by atoms with Crippen LogP contribution >= 0.6 is 0 Å². The highest BCUT2D eigenvalue weighted by Gasteiger charge is 2.14. The SMILES string of the molecule is CC(C)Cn1cncc1Cc1cc(-c2ccc(=O)n(C)n2)ccc1C(N)=O. The quantitative estimate of drug-likeness (QED) is 0.722. The molecule has 0 bridgehead atoms. The Morgan fingerprint density at radius 3 is 2.67 bits per heavy atom. The lowest BCUT2D eigenvalue weighted by Gasteiger charge is -2.13. The van der Waals surface area contributed by atoms with Gasteiger partial charge in [-0.25, -0.2) is 9.67 Å². The summed E-state index contributed by atoms with van der Waals surface area (Å²) < 4.78 is 3.38. The van der Waals surface area contributed by atoms with E-state index in [1.165, 1.54) is 10.7 Å². The van der Waals surface area contributed by atoms with Crippen LogP contribution in [-0.2, 0) is 20.0 Å². The number of carbonyl (C=O) groups is 1. The fourth-order valence-corrected chi connectivity index (χ4v) is 3.04. The molecule has 3 rings (SSSR count). The molecule has 0 saturated heterocycles.